The molecule has 0 atom stereocenters. The van der Waals surface area contributed by atoms with Crippen molar-refractivity contribution in [3.63, 3.8) is 0 Å². The molecule has 0 amide bonds. The largest absolute Gasteiger partial charge is 0.489 e. The first-order valence-electron chi connectivity index (χ1n) is 7.74. The highest BCUT2D eigenvalue weighted by molar-refractivity contribution is 5.89. The number of carboxylic acid groups (broad SMARTS) is 1. The maximum absolute atomic E-state index is 11.2. The van der Waals surface area contributed by atoms with Gasteiger partial charge in [-0.05, 0) is 36.2 Å². The summed E-state index contributed by atoms with van der Waals surface area (Å²) >= 11 is 0. The Morgan fingerprint density at radius 3 is 2.08 bits per heavy atom. The van der Waals surface area contributed by atoms with E-state index in [9.17, 15) is 9.90 Å². The monoisotopic (exact) mass is 318 g/mol. The first-order valence-corrected chi connectivity index (χ1v) is 7.74. The Balaban J connectivity index is 1.71. The van der Waals surface area contributed by atoms with Crippen molar-refractivity contribution >= 4 is 5.97 Å². The fourth-order valence-electron chi connectivity index (χ4n) is 2.51. The Morgan fingerprint density at radius 2 is 1.46 bits per heavy atom. The zero-order chi connectivity index (χ0) is 16.9. The number of hydrogen-bond donors (Lipinski definition) is 1. The summed E-state index contributed by atoms with van der Waals surface area (Å²) in [6.45, 7) is 2.29. The molecule has 0 bridgehead atoms. The summed E-state index contributed by atoms with van der Waals surface area (Å²) in [5.41, 5.74) is 4.44. The predicted molar refractivity (Wildman–Crippen MR) is 94.3 cm³/mol. The highest BCUT2D eigenvalue weighted by Crippen LogP contribution is 2.23. The van der Waals surface area contributed by atoms with Gasteiger partial charge >= 0.3 is 5.97 Å². The van der Waals surface area contributed by atoms with Crippen LogP contribution in [0.1, 0.15) is 21.5 Å². The lowest BCUT2D eigenvalue weighted by atomic mass is 10.0. The van der Waals surface area contributed by atoms with E-state index in [1.165, 1.54) is 5.56 Å². The number of carbonyl (C=O) groups is 1. The molecule has 3 heteroatoms. The Kier molecular flexibility index (Phi) is 4.62. The van der Waals surface area contributed by atoms with Crippen molar-refractivity contribution in [2.45, 2.75) is 13.5 Å². The first-order chi connectivity index (χ1) is 11.6. The van der Waals surface area contributed by atoms with Crippen molar-refractivity contribution in [1.29, 1.82) is 0 Å². The summed E-state index contributed by atoms with van der Waals surface area (Å²) in [4.78, 5) is 11.2. The molecule has 0 saturated carbocycles. The van der Waals surface area contributed by atoms with Gasteiger partial charge in [-0.2, -0.15) is 0 Å². The summed E-state index contributed by atoms with van der Waals surface area (Å²) in [5.74, 6) is -0.227. The van der Waals surface area contributed by atoms with Crippen LogP contribution < -0.4 is 4.74 Å². The third kappa shape index (κ3) is 3.63. The molecule has 0 heterocycles. The maximum Gasteiger partial charge on any atom is 0.336 e. The zero-order valence-corrected chi connectivity index (χ0v) is 13.4. The summed E-state index contributed by atoms with van der Waals surface area (Å²) < 4.78 is 5.73. The average Bonchev–Trinajstić information content (AvgIpc) is 2.61. The molecule has 0 aliphatic heterocycles. The molecule has 0 aliphatic rings. The van der Waals surface area contributed by atoms with E-state index in [2.05, 4.69) is 31.2 Å². The van der Waals surface area contributed by atoms with E-state index in [1.807, 2.05) is 30.3 Å². The van der Waals surface area contributed by atoms with E-state index >= 15 is 0 Å². The number of carboxylic acids is 1. The molecule has 0 aromatic heterocycles. The highest BCUT2D eigenvalue weighted by atomic mass is 16.5. The molecule has 0 fully saturated rings. The summed E-state index contributed by atoms with van der Waals surface area (Å²) in [6, 6.07) is 23.0. The molecule has 0 unspecified atom stereocenters. The average molecular weight is 318 g/mol. The van der Waals surface area contributed by atoms with Gasteiger partial charge in [-0.1, -0.05) is 60.2 Å². The molecule has 120 valence electrons. The molecule has 0 saturated heterocycles. The number of rotatable bonds is 5. The number of aromatic carboxylic acids is 1. The molecule has 0 aliphatic carbocycles. The van der Waals surface area contributed by atoms with Gasteiger partial charge < -0.3 is 9.84 Å². The lowest BCUT2D eigenvalue weighted by Gasteiger charge is -2.09. The van der Waals surface area contributed by atoms with E-state index in [0.29, 0.717) is 11.3 Å². The summed E-state index contributed by atoms with van der Waals surface area (Å²) in [5, 5.41) is 9.19. The number of aryl methyl sites for hydroxylation is 1. The second kappa shape index (κ2) is 7.01. The molecule has 3 nitrogen and oxygen atoms in total. The van der Waals surface area contributed by atoms with Crippen molar-refractivity contribution < 1.29 is 14.6 Å². The quantitative estimate of drug-likeness (QED) is 0.725. The van der Waals surface area contributed by atoms with Gasteiger partial charge in [0, 0.05) is 5.56 Å². The van der Waals surface area contributed by atoms with Crippen LogP contribution in [0.5, 0.6) is 5.75 Å². The van der Waals surface area contributed by atoms with Crippen LogP contribution in [0.15, 0.2) is 72.8 Å². The molecular formula is C21H18O3. The number of hydrogen-bond acceptors (Lipinski definition) is 2. The lowest BCUT2D eigenvalue weighted by Crippen LogP contribution is -2.05. The van der Waals surface area contributed by atoms with Gasteiger partial charge in [0.05, 0.1) is 5.56 Å². The number of ether oxygens (including phenoxy) is 1. The van der Waals surface area contributed by atoms with Crippen LogP contribution in [-0.2, 0) is 6.61 Å². The minimum atomic E-state index is -0.941. The van der Waals surface area contributed by atoms with Crippen molar-refractivity contribution in [2.75, 3.05) is 0 Å². The van der Waals surface area contributed by atoms with Crippen LogP contribution in [0.2, 0.25) is 0 Å². The van der Waals surface area contributed by atoms with E-state index in [-0.39, 0.29) is 12.2 Å². The van der Waals surface area contributed by atoms with E-state index in [0.717, 1.165) is 11.1 Å². The Bertz CT molecular complexity index is 834. The van der Waals surface area contributed by atoms with Gasteiger partial charge in [0.2, 0.25) is 0 Å². The smallest absolute Gasteiger partial charge is 0.336 e. The van der Waals surface area contributed by atoms with Crippen molar-refractivity contribution in [3.05, 3.63) is 89.5 Å². The molecular weight excluding hydrogens is 300 g/mol. The van der Waals surface area contributed by atoms with E-state index in [1.54, 1.807) is 18.2 Å². The Hall–Kier alpha value is -3.07. The van der Waals surface area contributed by atoms with Crippen LogP contribution in [0.3, 0.4) is 0 Å². The molecule has 0 spiro atoms. The minimum absolute atomic E-state index is 0.229. The fourth-order valence-corrected chi connectivity index (χ4v) is 2.51. The fraction of sp³-hybridized carbons (Fsp3) is 0.0952. The van der Waals surface area contributed by atoms with E-state index < -0.39 is 5.97 Å². The number of benzene rings is 3. The first kappa shape index (κ1) is 15.8. The maximum atomic E-state index is 11.2. The van der Waals surface area contributed by atoms with Gasteiger partial charge in [-0.15, -0.1) is 0 Å². The van der Waals surface area contributed by atoms with Gasteiger partial charge in [0.1, 0.15) is 12.4 Å². The van der Waals surface area contributed by atoms with Gasteiger partial charge in [-0.25, -0.2) is 4.79 Å². The van der Waals surface area contributed by atoms with Crippen molar-refractivity contribution in [1.82, 2.24) is 0 Å². The molecule has 3 rings (SSSR count). The van der Waals surface area contributed by atoms with Crippen LogP contribution in [0, 0.1) is 6.92 Å². The molecule has 0 radical (unpaired) electrons. The van der Waals surface area contributed by atoms with Crippen LogP contribution in [0.25, 0.3) is 11.1 Å². The summed E-state index contributed by atoms with van der Waals surface area (Å²) in [7, 11) is 0. The normalized spacial score (nSPS) is 10.4. The van der Waals surface area contributed by atoms with Crippen molar-refractivity contribution in [3.8, 4) is 16.9 Å². The third-order valence-corrected chi connectivity index (χ3v) is 3.88. The standard InChI is InChI=1S/C21H18O3/c1-15-6-8-16(9-7-15)17-10-12-19(13-11-17)24-14-18-4-2-3-5-20(18)21(22)23/h2-13H,14H2,1H3,(H,22,23). The SMILES string of the molecule is Cc1ccc(-c2ccc(OCc3ccccc3C(=O)O)cc2)cc1. The predicted octanol–water partition coefficient (Wildman–Crippen LogP) is 4.94. The lowest BCUT2D eigenvalue weighted by molar-refractivity contribution is 0.0694. The van der Waals surface area contributed by atoms with Gasteiger partial charge in [0.15, 0.2) is 0 Å². The van der Waals surface area contributed by atoms with E-state index in [4.69, 9.17) is 4.74 Å². The Morgan fingerprint density at radius 1 is 0.875 bits per heavy atom. The topological polar surface area (TPSA) is 46.5 Å². The second-order valence-corrected chi connectivity index (χ2v) is 5.64. The highest BCUT2D eigenvalue weighted by Gasteiger charge is 2.09. The molecule has 1 N–H and O–H groups in total. The van der Waals surface area contributed by atoms with Crippen LogP contribution in [-0.4, -0.2) is 11.1 Å². The van der Waals surface area contributed by atoms with Crippen LogP contribution >= 0.6 is 0 Å². The molecule has 3 aromatic carbocycles. The summed E-state index contributed by atoms with van der Waals surface area (Å²) in [6.07, 6.45) is 0. The second-order valence-electron chi connectivity index (χ2n) is 5.64. The zero-order valence-electron chi connectivity index (χ0n) is 13.4. The Labute approximate surface area is 141 Å². The van der Waals surface area contributed by atoms with Gasteiger partial charge in [-0.3, -0.25) is 0 Å². The molecule has 3 aromatic rings. The van der Waals surface area contributed by atoms with Gasteiger partial charge in [0.25, 0.3) is 0 Å². The minimum Gasteiger partial charge on any atom is -0.489 e. The third-order valence-electron chi connectivity index (χ3n) is 3.88. The molecule has 24 heavy (non-hydrogen) atoms. The van der Waals surface area contributed by atoms with Crippen molar-refractivity contribution in [2.24, 2.45) is 0 Å². The van der Waals surface area contributed by atoms with Crippen LogP contribution in [0.4, 0.5) is 0 Å².